The van der Waals surface area contributed by atoms with Gasteiger partial charge < -0.3 is 27.9 Å². The van der Waals surface area contributed by atoms with E-state index in [0.29, 0.717) is 23.9 Å². The van der Waals surface area contributed by atoms with E-state index in [1.807, 2.05) is 21.1 Å². The average Bonchev–Trinajstić information content (AvgIpc) is 2.54. The molecule has 0 saturated carbocycles. The van der Waals surface area contributed by atoms with E-state index in [-0.39, 0.29) is 26.1 Å². The van der Waals surface area contributed by atoms with Crippen LogP contribution in [0.5, 0.6) is 0 Å². The lowest BCUT2D eigenvalue weighted by molar-refractivity contribution is -0.870. The fraction of sp³-hybridized carbons (Fsp3) is 0.558. The molecule has 0 N–H and O–H groups in total. The minimum absolute atomic E-state index is 0.0480. The Labute approximate surface area is 588 Å². The number of hydrogen-bond donors (Lipinski definition) is 0. The fourth-order valence-electron chi connectivity index (χ4n) is 9.35. The molecule has 0 bridgehead atoms. The van der Waals surface area contributed by atoms with E-state index >= 15 is 0 Å². The van der Waals surface area contributed by atoms with E-state index in [1.54, 1.807) is 0 Å². The van der Waals surface area contributed by atoms with Gasteiger partial charge in [0.25, 0.3) is 7.82 Å². The van der Waals surface area contributed by atoms with Crippen molar-refractivity contribution in [1.29, 1.82) is 0 Å². The van der Waals surface area contributed by atoms with E-state index < -0.39 is 32.5 Å². The van der Waals surface area contributed by atoms with Crippen molar-refractivity contribution in [2.45, 2.75) is 264 Å². The standard InChI is InChI=1S/C86H136NO8P/c1-6-8-10-12-14-16-18-20-22-24-26-28-30-32-34-36-38-39-40-41-42-43-44-45-46-47-49-51-53-55-57-59-61-63-65-67-69-71-73-75-77-79-86(89)95-84(83-94-96(90,91)93-81-80-87(3,4)5)82-92-85(88)78-76-74-72-70-68-66-64-62-60-58-56-54-52-50-48-37-35-33-31-29-27-25-23-21-19-17-15-13-11-9-7-2/h8-11,14-17,20-23,26-29,32-35,38-39,41-42,44-45,47-50,54,56,60,62,66,68,84H,6-7,12-13,18-19,24-25,30-31,36-37,40,43,46,51-53,55,57-59,61,63-65,67,69-83H2,1-5H3/b10-8-,11-9-,16-14-,17-15-,22-20-,23-21-,28-26-,29-27-,34-32-,35-33-,39-38-,42-41-,45-44-,49-47-,50-48-,56-54-,62-60-,68-66-. The number of ether oxygens (including phenoxy) is 2. The highest BCUT2D eigenvalue weighted by Crippen LogP contribution is 2.38. The summed E-state index contributed by atoms with van der Waals surface area (Å²) >= 11 is 0. The van der Waals surface area contributed by atoms with Crippen molar-refractivity contribution in [1.82, 2.24) is 0 Å². The minimum atomic E-state index is -4.67. The molecule has 0 heterocycles. The second kappa shape index (κ2) is 73.6. The number of carbonyl (C=O) groups excluding carboxylic acids is 2. The number of phosphoric ester groups is 1. The summed E-state index contributed by atoms with van der Waals surface area (Å²) in [6, 6.07) is 0. The van der Waals surface area contributed by atoms with Crippen molar-refractivity contribution >= 4 is 19.8 Å². The van der Waals surface area contributed by atoms with E-state index in [9.17, 15) is 19.0 Å². The van der Waals surface area contributed by atoms with Gasteiger partial charge in [-0.3, -0.25) is 14.2 Å². The molecule has 2 unspecified atom stereocenters. The topological polar surface area (TPSA) is 111 Å². The molecule has 96 heavy (non-hydrogen) atoms. The molecule has 0 amide bonds. The molecule has 0 aliphatic heterocycles. The van der Waals surface area contributed by atoms with E-state index in [4.69, 9.17) is 18.5 Å². The summed E-state index contributed by atoms with van der Waals surface area (Å²) in [7, 11) is 1.12. The van der Waals surface area contributed by atoms with Crippen LogP contribution in [0.2, 0.25) is 0 Å². The summed E-state index contributed by atoms with van der Waals surface area (Å²) in [4.78, 5) is 38.1. The molecule has 0 aliphatic rings. The number of rotatable bonds is 66. The van der Waals surface area contributed by atoms with Gasteiger partial charge in [0.15, 0.2) is 6.10 Å². The van der Waals surface area contributed by atoms with Gasteiger partial charge in [0.2, 0.25) is 0 Å². The van der Waals surface area contributed by atoms with Gasteiger partial charge in [0.05, 0.1) is 27.7 Å². The second-order valence-electron chi connectivity index (χ2n) is 25.2. The number of carbonyl (C=O) groups is 2. The Morgan fingerprint density at radius 1 is 0.323 bits per heavy atom. The van der Waals surface area contributed by atoms with E-state index in [0.717, 1.165) is 154 Å². The molecule has 0 saturated heterocycles. The predicted octanol–water partition coefficient (Wildman–Crippen LogP) is 24.5. The molecular weight excluding hydrogens is 1210 g/mol. The lowest BCUT2D eigenvalue weighted by atomic mass is 10.0. The number of nitrogens with zero attached hydrogens (tertiary/aromatic N) is 1. The van der Waals surface area contributed by atoms with Crippen LogP contribution in [0, 0.1) is 0 Å². The predicted molar refractivity (Wildman–Crippen MR) is 415 cm³/mol. The molecule has 0 aliphatic carbocycles. The number of esters is 2. The molecular formula is C86H136NO8P. The Morgan fingerprint density at radius 3 is 0.844 bits per heavy atom. The van der Waals surface area contributed by atoms with Gasteiger partial charge in [-0.25, -0.2) is 0 Å². The molecule has 0 aromatic carbocycles. The van der Waals surface area contributed by atoms with Crippen LogP contribution in [0.4, 0.5) is 0 Å². The smallest absolute Gasteiger partial charge is 0.306 e. The lowest BCUT2D eigenvalue weighted by Gasteiger charge is -2.28. The molecule has 0 spiro atoms. The molecule has 0 fully saturated rings. The highest BCUT2D eigenvalue weighted by molar-refractivity contribution is 7.45. The molecule has 0 rings (SSSR count). The van der Waals surface area contributed by atoms with Crippen LogP contribution in [0.15, 0.2) is 219 Å². The number of hydrogen-bond acceptors (Lipinski definition) is 8. The summed E-state index contributed by atoms with van der Waals surface area (Å²) < 4.78 is 34.3. The minimum Gasteiger partial charge on any atom is -0.756 e. The number of quaternary nitrogens is 1. The van der Waals surface area contributed by atoms with Crippen molar-refractivity contribution in [3.63, 3.8) is 0 Å². The fourth-order valence-corrected chi connectivity index (χ4v) is 10.1. The van der Waals surface area contributed by atoms with Crippen LogP contribution in [-0.4, -0.2) is 70.0 Å². The van der Waals surface area contributed by atoms with Gasteiger partial charge in [-0.1, -0.05) is 310 Å². The number of allylic oxidation sites excluding steroid dienone is 36. The van der Waals surface area contributed by atoms with E-state index in [2.05, 4.69) is 233 Å². The summed E-state index contributed by atoms with van der Waals surface area (Å²) in [6.45, 7) is 3.95. The monoisotopic (exact) mass is 1340 g/mol. The first-order valence-corrected chi connectivity index (χ1v) is 38.9. The highest BCUT2D eigenvalue weighted by Gasteiger charge is 2.22. The molecule has 0 aromatic rings. The van der Waals surface area contributed by atoms with Gasteiger partial charge >= 0.3 is 11.9 Å². The average molecular weight is 1340 g/mol. The summed E-state index contributed by atoms with van der Waals surface area (Å²) in [5.74, 6) is -0.887. The largest absolute Gasteiger partial charge is 0.756 e. The second-order valence-corrected chi connectivity index (χ2v) is 26.6. The van der Waals surface area contributed by atoms with Crippen molar-refractivity contribution in [2.24, 2.45) is 0 Å². The van der Waals surface area contributed by atoms with Gasteiger partial charge in [-0.2, -0.15) is 0 Å². The van der Waals surface area contributed by atoms with Crippen LogP contribution >= 0.6 is 7.82 Å². The van der Waals surface area contributed by atoms with Gasteiger partial charge in [-0.15, -0.1) is 0 Å². The molecule has 0 aromatic heterocycles. The molecule has 0 radical (unpaired) electrons. The van der Waals surface area contributed by atoms with E-state index in [1.165, 1.54) is 64.2 Å². The molecule has 9 nitrogen and oxygen atoms in total. The third kappa shape index (κ3) is 77.3. The Hall–Kier alpha value is -5.67. The maximum atomic E-state index is 12.9. The summed E-state index contributed by atoms with van der Waals surface area (Å²) in [6.07, 6.45) is 117. The quantitative estimate of drug-likeness (QED) is 0.0195. The van der Waals surface area contributed by atoms with Crippen molar-refractivity contribution in [2.75, 3.05) is 47.5 Å². The highest BCUT2D eigenvalue weighted by atomic mass is 31.2. The van der Waals surface area contributed by atoms with Gasteiger partial charge in [-0.05, 0) is 154 Å². The Balaban J connectivity index is 4.15. The Bertz CT molecular complexity index is 2430. The maximum absolute atomic E-state index is 12.9. The van der Waals surface area contributed by atoms with Gasteiger partial charge in [0, 0.05) is 12.8 Å². The number of phosphoric acid groups is 1. The first-order valence-electron chi connectivity index (χ1n) is 37.4. The Morgan fingerprint density at radius 2 is 0.562 bits per heavy atom. The van der Waals surface area contributed by atoms with Crippen molar-refractivity contribution in [3.8, 4) is 0 Å². The zero-order chi connectivity index (χ0) is 69.7. The first kappa shape index (κ1) is 90.3. The normalized spacial score (nSPS) is 14.4. The Kier molecular flexibility index (Phi) is 69.2. The van der Waals surface area contributed by atoms with Crippen LogP contribution in [0.3, 0.4) is 0 Å². The summed E-state index contributed by atoms with van der Waals surface area (Å²) in [5.41, 5.74) is 0. The van der Waals surface area contributed by atoms with Crippen LogP contribution in [0.1, 0.15) is 258 Å². The number of likely N-dealkylation sites (N-methyl/N-ethyl adjacent to an activating group) is 1. The van der Waals surface area contributed by atoms with Crippen LogP contribution < -0.4 is 4.89 Å². The summed E-state index contributed by atoms with van der Waals surface area (Å²) in [5, 5.41) is 0. The molecule has 538 valence electrons. The maximum Gasteiger partial charge on any atom is 0.306 e. The molecule has 2 atom stereocenters. The van der Waals surface area contributed by atoms with Crippen LogP contribution in [-0.2, 0) is 32.7 Å². The third-order valence-electron chi connectivity index (χ3n) is 15.0. The van der Waals surface area contributed by atoms with Gasteiger partial charge in [0.1, 0.15) is 19.8 Å². The van der Waals surface area contributed by atoms with Crippen molar-refractivity contribution < 1.29 is 42.1 Å². The first-order chi connectivity index (χ1) is 47.0. The lowest BCUT2D eigenvalue weighted by Crippen LogP contribution is -2.37. The zero-order valence-electron chi connectivity index (χ0n) is 61.2. The third-order valence-corrected chi connectivity index (χ3v) is 16.0. The molecule has 10 heteroatoms. The van der Waals surface area contributed by atoms with Crippen molar-refractivity contribution in [3.05, 3.63) is 219 Å². The van der Waals surface area contributed by atoms with Crippen LogP contribution in [0.25, 0.3) is 0 Å². The number of unbranched alkanes of at least 4 members (excludes halogenated alkanes) is 16. The SMILES string of the molecule is CC/C=C\C/C=C\C/C=C\C/C=C\C/C=C\C/C=C\C/C=C\C/C=C\C/C=C\CCCCCCCCCCCCCCCC(=O)OC(COC(=O)CCCCC/C=C\C/C=C\C/C=C\C/C=C\C/C=C\C/C=C\C/C=C\C/C=C\C/C=C\CC)COP(=O)([O-])OCC[N+](C)(C)C. The zero-order valence-corrected chi connectivity index (χ0v) is 62.1.